The molecule has 0 fully saturated rings. The number of aliphatic hydroxyl groups excluding tert-OH is 1. The summed E-state index contributed by atoms with van der Waals surface area (Å²) >= 11 is 0. The Kier molecular flexibility index (Phi) is 13.2. The van der Waals surface area contributed by atoms with Crippen LogP contribution < -0.4 is 15.4 Å². The summed E-state index contributed by atoms with van der Waals surface area (Å²) in [4.78, 5) is 28.8. The van der Waals surface area contributed by atoms with Gasteiger partial charge in [0.1, 0.15) is 25.2 Å². The molecule has 0 unspecified atom stereocenters. The summed E-state index contributed by atoms with van der Waals surface area (Å²) in [7, 11) is 1.71. The molecule has 4 atom stereocenters. The molecule has 218 valence electrons. The van der Waals surface area contributed by atoms with Gasteiger partial charge in [0.2, 0.25) is 11.8 Å². The van der Waals surface area contributed by atoms with E-state index in [4.69, 9.17) is 9.47 Å². The fourth-order valence-electron chi connectivity index (χ4n) is 4.98. The van der Waals surface area contributed by atoms with Gasteiger partial charge in [0.25, 0.3) is 0 Å². The molecule has 0 spiro atoms. The molecule has 40 heavy (non-hydrogen) atoms. The van der Waals surface area contributed by atoms with Crippen molar-refractivity contribution in [2.75, 3.05) is 27.0 Å². The first-order chi connectivity index (χ1) is 19.4. The Morgan fingerprint density at radius 1 is 1.15 bits per heavy atom. The summed E-state index contributed by atoms with van der Waals surface area (Å²) in [6, 6.07) is 16.6. The quantitative estimate of drug-likeness (QED) is 0.324. The first-order valence-corrected chi connectivity index (χ1v) is 14.3. The lowest BCUT2D eigenvalue weighted by Crippen LogP contribution is -2.56. The smallest absolute Gasteiger partial charge is 0.243 e. The molecule has 3 N–H and O–H groups in total. The molecule has 2 aromatic rings. The maximum Gasteiger partial charge on any atom is 0.243 e. The zero-order valence-corrected chi connectivity index (χ0v) is 24.1. The van der Waals surface area contributed by atoms with E-state index in [2.05, 4.69) is 17.6 Å². The number of carbonyl (C=O) groups is 2. The fourth-order valence-corrected chi connectivity index (χ4v) is 4.98. The number of carbonyl (C=O) groups excluding carboxylic acids is 2. The second-order valence-corrected chi connectivity index (χ2v) is 10.4. The first kappa shape index (κ1) is 31.3. The predicted octanol–water partition coefficient (Wildman–Crippen LogP) is 3.83. The zero-order chi connectivity index (χ0) is 28.7. The number of benzene rings is 2. The molecule has 2 aromatic carbocycles. The van der Waals surface area contributed by atoms with Crippen molar-refractivity contribution in [2.45, 2.75) is 70.7 Å². The molecule has 3 rings (SSSR count). The number of fused-ring (bicyclic) bond motifs is 1. The SMILES string of the molecule is CCCC[C@H](C)C(=O)N(C)[C@H]1CC=CCOc2ccccc2CNC[C@@H](OCO)[C@H](Cc2ccccc2)NC1=O. The normalized spacial score (nSPS) is 21.2. The molecule has 2 amide bonds. The van der Waals surface area contributed by atoms with Gasteiger partial charge in [0, 0.05) is 31.6 Å². The largest absolute Gasteiger partial charge is 0.489 e. The van der Waals surface area contributed by atoms with E-state index >= 15 is 0 Å². The number of hydrogen-bond acceptors (Lipinski definition) is 6. The summed E-state index contributed by atoms with van der Waals surface area (Å²) in [6.07, 6.45) is 6.88. The standard InChI is InChI=1S/C32H45N3O5/c1-4-5-13-24(2)32(38)35(3)28-17-11-12-19-39-29-18-10-9-16-26(29)21-33-22-30(40-23-36)27(34-31(28)37)20-25-14-7-6-8-15-25/h6-12,14-16,18,24,27-28,30,33,36H,4-5,13,17,19-23H2,1-3H3,(H,34,37)/t24-,27-,28-,30+/m0/s1. The number of hydrogen-bond donors (Lipinski definition) is 3. The maximum atomic E-state index is 13.9. The molecular formula is C32H45N3O5. The minimum absolute atomic E-state index is 0.0467. The van der Waals surface area contributed by atoms with Gasteiger partial charge >= 0.3 is 0 Å². The maximum absolute atomic E-state index is 13.9. The summed E-state index contributed by atoms with van der Waals surface area (Å²) in [5.41, 5.74) is 2.03. The van der Waals surface area contributed by atoms with Crippen molar-refractivity contribution >= 4 is 11.8 Å². The molecule has 0 saturated heterocycles. The monoisotopic (exact) mass is 551 g/mol. The van der Waals surface area contributed by atoms with Crippen molar-refractivity contribution in [3.8, 4) is 5.75 Å². The van der Waals surface area contributed by atoms with E-state index in [9.17, 15) is 14.7 Å². The highest BCUT2D eigenvalue weighted by Crippen LogP contribution is 2.19. The Labute approximate surface area is 238 Å². The van der Waals surface area contributed by atoms with Crippen LogP contribution in [-0.4, -0.2) is 67.0 Å². The van der Waals surface area contributed by atoms with Crippen LogP contribution in [0.4, 0.5) is 0 Å². The number of nitrogens with one attached hydrogen (secondary N) is 2. The van der Waals surface area contributed by atoms with E-state index in [1.807, 2.05) is 73.7 Å². The van der Waals surface area contributed by atoms with Crippen molar-refractivity contribution in [3.63, 3.8) is 0 Å². The first-order valence-electron chi connectivity index (χ1n) is 14.3. The van der Waals surface area contributed by atoms with Crippen molar-refractivity contribution in [3.05, 3.63) is 77.9 Å². The molecule has 1 aliphatic heterocycles. The van der Waals surface area contributed by atoms with Crippen molar-refractivity contribution in [1.82, 2.24) is 15.5 Å². The van der Waals surface area contributed by atoms with E-state index < -0.39 is 25.0 Å². The van der Waals surface area contributed by atoms with Crippen LogP contribution in [-0.2, 0) is 27.3 Å². The molecule has 0 aliphatic carbocycles. The van der Waals surface area contributed by atoms with Gasteiger partial charge in [0.15, 0.2) is 0 Å². The summed E-state index contributed by atoms with van der Waals surface area (Å²) in [5.74, 6) is 0.301. The van der Waals surface area contributed by atoms with Gasteiger partial charge in [-0.25, -0.2) is 0 Å². The second kappa shape index (κ2) is 16.8. The number of ether oxygens (including phenoxy) is 2. The Hall–Kier alpha value is -3.20. The van der Waals surface area contributed by atoms with Gasteiger partial charge in [-0.3, -0.25) is 9.59 Å². The number of amides is 2. The summed E-state index contributed by atoms with van der Waals surface area (Å²) < 4.78 is 11.8. The predicted molar refractivity (Wildman–Crippen MR) is 157 cm³/mol. The minimum atomic E-state index is -0.703. The van der Waals surface area contributed by atoms with Crippen LogP contribution in [0.15, 0.2) is 66.7 Å². The number of aliphatic hydroxyl groups is 1. The van der Waals surface area contributed by atoms with Crippen LogP contribution >= 0.6 is 0 Å². The van der Waals surface area contributed by atoms with Crippen LogP contribution in [0.5, 0.6) is 5.75 Å². The van der Waals surface area contributed by atoms with Crippen LogP contribution in [0.2, 0.25) is 0 Å². The van der Waals surface area contributed by atoms with Crippen LogP contribution in [0.3, 0.4) is 0 Å². The number of para-hydroxylation sites is 1. The Bertz CT molecular complexity index is 1080. The van der Waals surface area contributed by atoms with E-state index in [0.29, 0.717) is 32.5 Å². The number of nitrogens with zero attached hydrogens (tertiary/aromatic N) is 1. The lowest BCUT2D eigenvalue weighted by atomic mass is 9.98. The van der Waals surface area contributed by atoms with Crippen LogP contribution in [0.1, 0.15) is 50.7 Å². The van der Waals surface area contributed by atoms with E-state index in [1.54, 1.807) is 11.9 Å². The molecular weight excluding hydrogens is 506 g/mol. The average molecular weight is 552 g/mol. The second-order valence-electron chi connectivity index (χ2n) is 10.4. The minimum Gasteiger partial charge on any atom is -0.489 e. The van der Waals surface area contributed by atoms with Gasteiger partial charge in [-0.1, -0.05) is 87.4 Å². The average Bonchev–Trinajstić information content (AvgIpc) is 2.97. The third-order valence-corrected chi connectivity index (χ3v) is 7.39. The van der Waals surface area contributed by atoms with Crippen molar-refractivity contribution in [1.29, 1.82) is 0 Å². The molecule has 0 saturated carbocycles. The van der Waals surface area contributed by atoms with Crippen LogP contribution in [0, 0.1) is 5.92 Å². The van der Waals surface area contributed by atoms with Gasteiger partial charge in [0.05, 0.1) is 12.1 Å². The Morgan fingerprint density at radius 3 is 2.65 bits per heavy atom. The summed E-state index contributed by atoms with van der Waals surface area (Å²) in [5, 5.41) is 16.3. The third kappa shape index (κ3) is 9.47. The van der Waals surface area contributed by atoms with E-state index in [0.717, 1.165) is 36.1 Å². The molecule has 8 heteroatoms. The number of rotatable bonds is 9. The number of unbranched alkanes of at least 4 members (excludes halogenated alkanes) is 1. The van der Waals surface area contributed by atoms with Gasteiger partial charge < -0.3 is 30.1 Å². The Morgan fingerprint density at radius 2 is 1.90 bits per heavy atom. The topological polar surface area (TPSA) is 100 Å². The molecule has 0 bridgehead atoms. The number of likely N-dealkylation sites (N-methyl/N-ethyl adjacent to an activating group) is 1. The molecule has 1 aliphatic rings. The highest BCUT2D eigenvalue weighted by molar-refractivity contribution is 5.88. The highest BCUT2D eigenvalue weighted by atomic mass is 16.6. The zero-order valence-electron chi connectivity index (χ0n) is 24.1. The van der Waals surface area contributed by atoms with E-state index in [1.165, 1.54) is 0 Å². The molecule has 0 radical (unpaired) electrons. The lowest BCUT2D eigenvalue weighted by molar-refractivity contribution is -0.142. The lowest BCUT2D eigenvalue weighted by Gasteiger charge is -2.33. The van der Waals surface area contributed by atoms with E-state index in [-0.39, 0.29) is 17.7 Å². The molecule has 8 nitrogen and oxygen atoms in total. The Balaban J connectivity index is 1.92. The highest BCUT2D eigenvalue weighted by Gasteiger charge is 2.32. The van der Waals surface area contributed by atoms with Gasteiger partial charge in [-0.15, -0.1) is 0 Å². The fraction of sp³-hybridized carbons (Fsp3) is 0.500. The van der Waals surface area contributed by atoms with Crippen molar-refractivity contribution in [2.24, 2.45) is 5.92 Å². The van der Waals surface area contributed by atoms with Crippen LogP contribution in [0.25, 0.3) is 0 Å². The van der Waals surface area contributed by atoms with Crippen molar-refractivity contribution < 1.29 is 24.2 Å². The van der Waals surface area contributed by atoms with Gasteiger partial charge in [-0.2, -0.15) is 0 Å². The van der Waals surface area contributed by atoms with Gasteiger partial charge in [-0.05, 0) is 30.9 Å². The third-order valence-electron chi connectivity index (χ3n) is 7.39. The molecule has 1 heterocycles. The molecule has 0 aromatic heterocycles. The summed E-state index contributed by atoms with van der Waals surface area (Å²) in [6.45, 7) is 4.82.